The Morgan fingerprint density at radius 2 is 1.77 bits per heavy atom. The highest BCUT2D eigenvalue weighted by atomic mass is 15.0. The van der Waals surface area contributed by atoms with Gasteiger partial charge < -0.3 is 4.57 Å². The molecule has 2 aromatic carbocycles. The van der Waals surface area contributed by atoms with Gasteiger partial charge in [-0.05, 0) is 34.5 Å². The molecule has 0 amide bonds. The van der Waals surface area contributed by atoms with Crippen molar-refractivity contribution in [1.82, 2.24) is 4.57 Å². The van der Waals surface area contributed by atoms with Crippen LogP contribution in [0.25, 0.3) is 26.9 Å². The summed E-state index contributed by atoms with van der Waals surface area (Å²) in [6.45, 7) is 8.04. The first-order valence-electron chi connectivity index (χ1n) is 7.28. The van der Waals surface area contributed by atoms with Crippen molar-refractivity contribution in [3.8, 4) is 11.3 Å². The maximum absolute atomic E-state index is 7.19. The summed E-state index contributed by atoms with van der Waals surface area (Å²) in [6.07, 6.45) is 2.12. The van der Waals surface area contributed by atoms with E-state index in [1.54, 1.807) is 0 Å². The molecule has 104 valence electrons. The molecule has 0 radical (unpaired) electrons. The fourth-order valence-electron chi connectivity index (χ4n) is 2.99. The molecule has 0 atom stereocenters. The predicted octanol–water partition coefficient (Wildman–Crippen LogP) is 5.35. The highest BCUT2D eigenvalue weighted by Gasteiger charge is 2.13. The molecule has 0 N–H and O–H groups in total. The minimum atomic E-state index is 0.693. The molecule has 2 aromatic rings. The zero-order valence-corrected chi connectivity index (χ0v) is 12.0. The summed E-state index contributed by atoms with van der Waals surface area (Å²) in [5.74, 6) is 0. The number of rotatable bonds is 2. The van der Waals surface area contributed by atoms with Crippen molar-refractivity contribution in [3.05, 3.63) is 89.9 Å². The van der Waals surface area contributed by atoms with Gasteiger partial charge in [-0.2, -0.15) is 0 Å². The minimum absolute atomic E-state index is 0.693. The quantitative estimate of drug-likeness (QED) is 0.439. The van der Waals surface area contributed by atoms with Crippen molar-refractivity contribution in [1.29, 1.82) is 0 Å². The molecule has 2 aliphatic rings. The first-order valence-corrected chi connectivity index (χ1v) is 7.28. The zero-order chi connectivity index (χ0) is 14.9. The van der Waals surface area contributed by atoms with Crippen LogP contribution in [0.15, 0.2) is 72.9 Å². The SMILES string of the molecule is [C-]#[N+]c1ccc2cc3n(Cc4ccccc4)cccc-3c2c1. The van der Waals surface area contributed by atoms with Crippen LogP contribution < -0.4 is 0 Å². The number of nitrogens with zero attached hydrogens (tertiary/aromatic N) is 2. The molecule has 0 fully saturated rings. The molecule has 0 unspecified atom stereocenters. The Morgan fingerprint density at radius 3 is 2.59 bits per heavy atom. The molecule has 0 saturated carbocycles. The van der Waals surface area contributed by atoms with Crippen LogP contribution in [0.3, 0.4) is 0 Å². The molecule has 22 heavy (non-hydrogen) atoms. The lowest BCUT2D eigenvalue weighted by atomic mass is 10.1. The van der Waals surface area contributed by atoms with Gasteiger partial charge in [0, 0.05) is 24.0 Å². The normalized spacial score (nSPS) is 10.9. The average Bonchev–Trinajstić information content (AvgIpc) is 2.95. The molecule has 0 bridgehead atoms. The van der Waals surface area contributed by atoms with Gasteiger partial charge in [-0.1, -0.05) is 48.5 Å². The molecular weight excluding hydrogens is 268 g/mol. The first-order chi connectivity index (χ1) is 10.8. The molecule has 0 aromatic heterocycles. The van der Waals surface area contributed by atoms with Crippen molar-refractivity contribution >= 4 is 16.5 Å². The number of pyridine rings is 1. The van der Waals surface area contributed by atoms with Crippen LogP contribution in [-0.4, -0.2) is 4.57 Å². The fourth-order valence-corrected chi connectivity index (χ4v) is 2.99. The van der Waals surface area contributed by atoms with Crippen LogP contribution in [-0.2, 0) is 6.54 Å². The van der Waals surface area contributed by atoms with Crippen LogP contribution in [0.4, 0.5) is 5.69 Å². The van der Waals surface area contributed by atoms with Gasteiger partial charge in [0.2, 0.25) is 0 Å². The second kappa shape index (κ2) is 5.05. The van der Waals surface area contributed by atoms with Gasteiger partial charge in [-0.25, -0.2) is 4.85 Å². The molecule has 1 heterocycles. The molecule has 2 nitrogen and oxygen atoms in total. The largest absolute Gasteiger partial charge is 0.343 e. The Morgan fingerprint density at radius 1 is 0.909 bits per heavy atom. The molecule has 4 rings (SSSR count). The lowest BCUT2D eigenvalue weighted by molar-refractivity contribution is 0.802. The van der Waals surface area contributed by atoms with E-state index in [-0.39, 0.29) is 0 Å². The topological polar surface area (TPSA) is 9.29 Å². The van der Waals surface area contributed by atoms with E-state index in [1.165, 1.54) is 22.2 Å². The van der Waals surface area contributed by atoms with E-state index >= 15 is 0 Å². The van der Waals surface area contributed by atoms with Crippen molar-refractivity contribution in [3.63, 3.8) is 0 Å². The minimum Gasteiger partial charge on any atom is -0.343 e. The van der Waals surface area contributed by atoms with Crippen LogP contribution >= 0.6 is 0 Å². The van der Waals surface area contributed by atoms with Crippen LogP contribution in [0.2, 0.25) is 0 Å². The summed E-state index contributed by atoms with van der Waals surface area (Å²) in [7, 11) is 0. The van der Waals surface area contributed by atoms with Gasteiger partial charge in [-0.3, -0.25) is 0 Å². The Kier molecular flexibility index (Phi) is 2.91. The van der Waals surface area contributed by atoms with Gasteiger partial charge >= 0.3 is 0 Å². The van der Waals surface area contributed by atoms with Gasteiger partial charge in [0.15, 0.2) is 5.69 Å². The monoisotopic (exact) mass is 282 g/mol. The standard InChI is InChI=1S/C20H14N2/c1-21-17-10-9-16-12-20-18(19(16)13-17)8-5-11-22(20)14-15-6-3-2-4-7-15/h2-13H,14H2. The molecule has 2 heteroatoms. The summed E-state index contributed by atoms with van der Waals surface area (Å²) < 4.78 is 2.27. The first kappa shape index (κ1) is 12.7. The molecule has 0 saturated heterocycles. The zero-order valence-electron chi connectivity index (χ0n) is 12.0. The van der Waals surface area contributed by atoms with E-state index < -0.39 is 0 Å². The van der Waals surface area contributed by atoms with Gasteiger partial charge in [0.1, 0.15) is 0 Å². The molecule has 0 spiro atoms. The Labute approximate surface area is 129 Å². The van der Waals surface area contributed by atoms with Crippen molar-refractivity contribution in [2.45, 2.75) is 6.54 Å². The van der Waals surface area contributed by atoms with E-state index in [2.05, 4.69) is 58.1 Å². The lowest BCUT2D eigenvalue weighted by Crippen LogP contribution is -2.02. The van der Waals surface area contributed by atoms with E-state index in [0.717, 1.165) is 11.9 Å². The van der Waals surface area contributed by atoms with Crippen LogP contribution in [0.1, 0.15) is 5.56 Å². The molecule has 1 aliphatic heterocycles. The van der Waals surface area contributed by atoms with Gasteiger partial charge in [0.25, 0.3) is 0 Å². The predicted molar refractivity (Wildman–Crippen MR) is 90.4 cm³/mol. The van der Waals surface area contributed by atoms with Crippen LogP contribution in [0.5, 0.6) is 0 Å². The van der Waals surface area contributed by atoms with E-state index in [1.807, 2.05) is 24.3 Å². The number of hydrogen-bond donors (Lipinski definition) is 0. The number of aromatic nitrogens is 1. The molecular formula is C20H14N2. The Hall–Kier alpha value is -3.05. The summed E-state index contributed by atoms with van der Waals surface area (Å²) in [6, 6.07) is 22.8. The summed E-state index contributed by atoms with van der Waals surface area (Å²) in [5, 5.41) is 2.35. The Balaban J connectivity index is 1.86. The number of benzene rings is 2. The van der Waals surface area contributed by atoms with Crippen molar-refractivity contribution in [2.24, 2.45) is 0 Å². The number of hydrogen-bond acceptors (Lipinski definition) is 0. The molecule has 1 aliphatic carbocycles. The highest BCUT2D eigenvalue weighted by molar-refractivity contribution is 6.02. The average molecular weight is 282 g/mol. The second-order valence-corrected chi connectivity index (χ2v) is 5.45. The van der Waals surface area contributed by atoms with Crippen molar-refractivity contribution in [2.75, 3.05) is 0 Å². The number of fused-ring (bicyclic) bond motifs is 3. The van der Waals surface area contributed by atoms with E-state index in [4.69, 9.17) is 6.57 Å². The van der Waals surface area contributed by atoms with E-state index in [9.17, 15) is 0 Å². The maximum Gasteiger partial charge on any atom is 0.187 e. The third-order valence-electron chi connectivity index (χ3n) is 4.06. The fraction of sp³-hybridized carbons (Fsp3) is 0.0500. The van der Waals surface area contributed by atoms with Crippen molar-refractivity contribution < 1.29 is 0 Å². The second-order valence-electron chi connectivity index (χ2n) is 5.45. The lowest BCUT2D eigenvalue weighted by Gasteiger charge is -2.13. The van der Waals surface area contributed by atoms with Crippen LogP contribution in [0, 0.1) is 6.57 Å². The smallest absolute Gasteiger partial charge is 0.187 e. The van der Waals surface area contributed by atoms with Gasteiger partial charge in [0.05, 0.1) is 6.57 Å². The third kappa shape index (κ3) is 2.04. The third-order valence-corrected chi connectivity index (χ3v) is 4.06. The Bertz CT molecular complexity index is 958. The maximum atomic E-state index is 7.19. The summed E-state index contributed by atoms with van der Waals surface area (Å²) >= 11 is 0. The van der Waals surface area contributed by atoms with Gasteiger partial charge in [-0.15, -0.1) is 0 Å². The summed E-state index contributed by atoms with van der Waals surface area (Å²) in [5.41, 5.74) is 4.40. The highest BCUT2D eigenvalue weighted by Crippen LogP contribution is 2.36. The van der Waals surface area contributed by atoms with E-state index in [0.29, 0.717) is 5.69 Å². The summed E-state index contributed by atoms with van der Waals surface area (Å²) in [4.78, 5) is 3.54.